The van der Waals surface area contributed by atoms with Crippen LogP contribution in [0, 0.1) is 5.82 Å². The van der Waals surface area contributed by atoms with Gasteiger partial charge in [-0.3, -0.25) is 5.10 Å². The van der Waals surface area contributed by atoms with Gasteiger partial charge >= 0.3 is 6.18 Å². The van der Waals surface area contributed by atoms with E-state index in [0.29, 0.717) is 29.7 Å². The Morgan fingerprint density at radius 1 is 1.07 bits per heavy atom. The van der Waals surface area contributed by atoms with Crippen LogP contribution in [0.2, 0.25) is 0 Å². The number of rotatable bonds is 7. The summed E-state index contributed by atoms with van der Waals surface area (Å²) in [5, 5.41) is 6.65. The van der Waals surface area contributed by atoms with E-state index in [0.717, 1.165) is 18.2 Å². The molecule has 0 fully saturated rings. The van der Waals surface area contributed by atoms with Crippen molar-refractivity contribution in [1.82, 2.24) is 19.9 Å². The molecule has 0 saturated carbocycles. The molecular formula is C18H16F4N4O2S. The summed E-state index contributed by atoms with van der Waals surface area (Å²) < 4.78 is 78.1. The Hall–Kier alpha value is -2.79. The second-order valence-electron chi connectivity index (χ2n) is 6.18. The number of sulfonamides is 1. The number of aromatic amines is 1. The molecule has 154 valence electrons. The second kappa shape index (κ2) is 8.29. The Morgan fingerprint density at radius 2 is 1.83 bits per heavy atom. The zero-order chi connectivity index (χ0) is 21.1. The average molecular weight is 428 g/mol. The molecule has 0 aliphatic carbocycles. The molecule has 3 aromatic rings. The number of benzene rings is 2. The normalized spacial score (nSPS) is 12.3. The van der Waals surface area contributed by atoms with Crippen LogP contribution >= 0.6 is 0 Å². The maximum Gasteiger partial charge on any atom is 0.416 e. The van der Waals surface area contributed by atoms with Gasteiger partial charge in [0.1, 0.15) is 11.6 Å². The number of nitrogens with one attached hydrogen (secondary N) is 2. The van der Waals surface area contributed by atoms with Crippen LogP contribution in [-0.2, 0) is 29.0 Å². The molecule has 0 aliphatic rings. The molecule has 1 aromatic heterocycles. The van der Waals surface area contributed by atoms with E-state index in [4.69, 9.17) is 0 Å². The van der Waals surface area contributed by atoms with E-state index < -0.39 is 26.7 Å². The maximum absolute atomic E-state index is 13.2. The summed E-state index contributed by atoms with van der Waals surface area (Å²) in [6.07, 6.45) is -4.19. The fourth-order valence-corrected chi connectivity index (χ4v) is 3.66. The summed E-state index contributed by atoms with van der Waals surface area (Å²) in [7, 11) is -4.12. The first-order valence-electron chi connectivity index (χ1n) is 8.45. The van der Waals surface area contributed by atoms with Crippen molar-refractivity contribution in [2.75, 3.05) is 6.54 Å². The molecule has 0 amide bonds. The van der Waals surface area contributed by atoms with Crippen LogP contribution in [0.3, 0.4) is 0 Å². The van der Waals surface area contributed by atoms with Crippen molar-refractivity contribution >= 4 is 10.0 Å². The topological polar surface area (TPSA) is 87.7 Å². The predicted molar refractivity (Wildman–Crippen MR) is 95.9 cm³/mol. The predicted octanol–water partition coefficient (Wildman–Crippen LogP) is 3.07. The molecular weight excluding hydrogens is 412 g/mol. The van der Waals surface area contributed by atoms with Gasteiger partial charge in [0.15, 0.2) is 5.82 Å². The van der Waals surface area contributed by atoms with Gasteiger partial charge in [-0.25, -0.2) is 22.5 Å². The standard InChI is InChI=1S/C18H16F4N4O2S/c19-14-5-1-3-12(9-14)10-17-24-16(25-26-17)7-8-23-29(27,28)15-6-2-4-13(11-15)18(20,21)22/h1-6,9,11,23H,7-8,10H2,(H,24,25,26). The molecule has 0 radical (unpaired) electrons. The Labute approximate surface area is 164 Å². The van der Waals surface area contributed by atoms with Crippen molar-refractivity contribution in [3.63, 3.8) is 0 Å². The van der Waals surface area contributed by atoms with Crippen LogP contribution in [0.25, 0.3) is 0 Å². The number of hydrogen-bond donors (Lipinski definition) is 2. The first-order valence-corrected chi connectivity index (χ1v) is 9.93. The van der Waals surface area contributed by atoms with Crippen LogP contribution in [0.4, 0.5) is 17.6 Å². The van der Waals surface area contributed by atoms with E-state index >= 15 is 0 Å². The molecule has 0 bridgehead atoms. The number of halogens is 4. The van der Waals surface area contributed by atoms with Gasteiger partial charge < -0.3 is 0 Å². The van der Waals surface area contributed by atoms with Crippen LogP contribution in [-0.4, -0.2) is 30.1 Å². The Bertz CT molecular complexity index is 1100. The second-order valence-corrected chi connectivity index (χ2v) is 7.95. The molecule has 3 rings (SSSR count). The number of alkyl halides is 3. The fraction of sp³-hybridized carbons (Fsp3) is 0.222. The minimum atomic E-state index is -4.64. The summed E-state index contributed by atoms with van der Waals surface area (Å²) in [6, 6.07) is 9.49. The molecule has 0 spiro atoms. The minimum absolute atomic E-state index is 0.101. The summed E-state index contributed by atoms with van der Waals surface area (Å²) in [6.45, 7) is -0.101. The van der Waals surface area contributed by atoms with Crippen LogP contribution < -0.4 is 4.72 Å². The third kappa shape index (κ3) is 5.61. The quantitative estimate of drug-likeness (QED) is 0.566. The molecule has 11 heteroatoms. The third-order valence-corrected chi connectivity index (χ3v) is 5.41. The smallest absolute Gasteiger partial charge is 0.263 e. The lowest BCUT2D eigenvalue weighted by molar-refractivity contribution is -0.137. The Kier molecular flexibility index (Phi) is 5.99. The van der Waals surface area contributed by atoms with Crippen molar-refractivity contribution in [2.24, 2.45) is 0 Å². The first kappa shape index (κ1) is 20.9. The van der Waals surface area contributed by atoms with Crippen molar-refractivity contribution in [3.8, 4) is 0 Å². The lowest BCUT2D eigenvalue weighted by Gasteiger charge is -2.10. The lowest BCUT2D eigenvalue weighted by atomic mass is 10.1. The molecule has 0 aliphatic heterocycles. The molecule has 2 N–H and O–H groups in total. The largest absolute Gasteiger partial charge is 0.416 e. The van der Waals surface area contributed by atoms with Crippen molar-refractivity contribution < 1.29 is 26.0 Å². The molecule has 0 atom stereocenters. The van der Waals surface area contributed by atoms with Crippen LogP contribution in [0.1, 0.15) is 22.8 Å². The molecule has 29 heavy (non-hydrogen) atoms. The maximum atomic E-state index is 13.2. The van der Waals surface area contributed by atoms with Crippen LogP contribution in [0.5, 0.6) is 0 Å². The highest BCUT2D eigenvalue weighted by Crippen LogP contribution is 2.30. The molecule has 0 saturated heterocycles. The number of hydrogen-bond acceptors (Lipinski definition) is 4. The monoisotopic (exact) mass is 428 g/mol. The van der Waals surface area contributed by atoms with Gasteiger partial charge in [0.05, 0.1) is 10.5 Å². The van der Waals surface area contributed by atoms with Gasteiger partial charge in [-0.1, -0.05) is 18.2 Å². The highest BCUT2D eigenvalue weighted by atomic mass is 32.2. The fourth-order valence-electron chi connectivity index (χ4n) is 2.59. The van der Waals surface area contributed by atoms with E-state index in [9.17, 15) is 26.0 Å². The summed E-state index contributed by atoms with van der Waals surface area (Å²) in [5.74, 6) is 0.431. The third-order valence-electron chi connectivity index (χ3n) is 3.95. The first-order chi connectivity index (χ1) is 13.6. The Balaban J connectivity index is 1.59. The number of aromatic nitrogens is 3. The van der Waals surface area contributed by atoms with E-state index in [2.05, 4.69) is 19.9 Å². The Morgan fingerprint density at radius 3 is 2.55 bits per heavy atom. The number of nitrogens with zero attached hydrogens (tertiary/aromatic N) is 2. The highest BCUT2D eigenvalue weighted by molar-refractivity contribution is 7.89. The highest BCUT2D eigenvalue weighted by Gasteiger charge is 2.31. The van der Waals surface area contributed by atoms with Gasteiger partial charge in [0.25, 0.3) is 0 Å². The molecule has 2 aromatic carbocycles. The molecule has 6 nitrogen and oxygen atoms in total. The van der Waals surface area contributed by atoms with Crippen molar-refractivity contribution in [3.05, 3.63) is 77.1 Å². The summed E-state index contributed by atoms with van der Waals surface area (Å²) in [5.41, 5.74) is -0.353. The van der Waals surface area contributed by atoms with Crippen LogP contribution in [0.15, 0.2) is 53.4 Å². The van der Waals surface area contributed by atoms with Gasteiger partial charge in [-0.2, -0.15) is 18.3 Å². The molecule has 1 heterocycles. The zero-order valence-corrected chi connectivity index (χ0v) is 15.7. The van der Waals surface area contributed by atoms with E-state index in [1.807, 2.05) is 0 Å². The minimum Gasteiger partial charge on any atom is -0.263 e. The van der Waals surface area contributed by atoms with Gasteiger partial charge in [0, 0.05) is 19.4 Å². The lowest BCUT2D eigenvalue weighted by Crippen LogP contribution is -2.26. The van der Waals surface area contributed by atoms with Crippen molar-refractivity contribution in [2.45, 2.75) is 23.9 Å². The van der Waals surface area contributed by atoms with E-state index in [1.165, 1.54) is 12.1 Å². The van der Waals surface area contributed by atoms with Gasteiger partial charge in [-0.05, 0) is 35.9 Å². The zero-order valence-electron chi connectivity index (χ0n) is 14.9. The number of H-pyrrole nitrogens is 1. The van der Waals surface area contributed by atoms with Crippen molar-refractivity contribution in [1.29, 1.82) is 0 Å². The summed E-state index contributed by atoms with van der Waals surface area (Å²) >= 11 is 0. The molecule has 0 unspecified atom stereocenters. The van der Waals surface area contributed by atoms with Gasteiger partial charge in [0.2, 0.25) is 10.0 Å². The SMILES string of the molecule is O=S(=O)(NCCc1n[nH]c(Cc2cccc(F)c2)n1)c1cccc(C(F)(F)F)c1. The summed E-state index contributed by atoms with van der Waals surface area (Å²) in [4.78, 5) is 3.72. The average Bonchev–Trinajstić information content (AvgIpc) is 3.08. The van der Waals surface area contributed by atoms with E-state index in [1.54, 1.807) is 12.1 Å². The van der Waals surface area contributed by atoms with Gasteiger partial charge in [-0.15, -0.1) is 0 Å². The van der Waals surface area contributed by atoms with E-state index in [-0.39, 0.29) is 18.8 Å².